The van der Waals surface area contributed by atoms with Gasteiger partial charge >= 0.3 is 0 Å². The second kappa shape index (κ2) is 10.1. The average Bonchev–Trinajstić information content (AvgIpc) is 2.65. The van der Waals surface area contributed by atoms with Crippen molar-refractivity contribution >= 4 is 17.6 Å². The molecule has 0 radical (unpaired) electrons. The second-order valence-corrected chi connectivity index (χ2v) is 5.88. The molecule has 2 aromatic rings. The molecule has 0 atom stereocenters. The van der Waals surface area contributed by atoms with Crippen molar-refractivity contribution in [2.75, 3.05) is 19.7 Å². The molecule has 0 spiro atoms. The van der Waals surface area contributed by atoms with Crippen molar-refractivity contribution in [2.24, 2.45) is 0 Å². The van der Waals surface area contributed by atoms with Crippen LogP contribution in [0.25, 0.3) is 0 Å². The molecule has 2 N–H and O–H groups in total. The number of carbonyl (C=O) groups is 3. The van der Waals surface area contributed by atoms with Crippen molar-refractivity contribution in [2.45, 2.75) is 13.3 Å². The lowest BCUT2D eigenvalue weighted by Gasteiger charge is -2.09. The number of ether oxygens (including phenoxy) is 1. The Bertz CT molecular complexity index is 806. The first-order chi connectivity index (χ1) is 12.9. The fraction of sp³-hybridized carbons (Fsp3) is 0.250. The Kier molecular flexibility index (Phi) is 7.49. The Labute approximate surface area is 156 Å². The van der Waals surface area contributed by atoms with Gasteiger partial charge in [-0.3, -0.25) is 14.4 Å². The summed E-state index contributed by atoms with van der Waals surface area (Å²) >= 11 is 0. The highest BCUT2D eigenvalue weighted by molar-refractivity contribution is 5.94. The minimum Gasteiger partial charge on any atom is -0.484 e. The summed E-state index contributed by atoms with van der Waals surface area (Å²) < 4.78 is 18.2. The number of hydrogen-bond donors (Lipinski definition) is 2. The molecule has 27 heavy (non-hydrogen) atoms. The fourth-order valence-electron chi connectivity index (χ4n) is 2.26. The van der Waals surface area contributed by atoms with Gasteiger partial charge < -0.3 is 15.4 Å². The molecule has 2 amide bonds. The molecule has 7 heteroatoms. The highest BCUT2D eigenvalue weighted by Crippen LogP contribution is 2.13. The van der Waals surface area contributed by atoms with Crippen molar-refractivity contribution < 1.29 is 23.5 Å². The van der Waals surface area contributed by atoms with Crippen LogP contribution in [0, 0.1) is 5.82 Å². The van der Waals surface area contributed by atoms with E-state index >= 15 is 0 Å². The summed E-state index contributed by atoms with van der Waals surface area (Å²) in [5.74, 6) is -0.548. The van der Waals surface area contributed by atoms with Gasteiger partial charge in [-0.25, -0.2) is 4.39 Å². The first-order valence-corrected chi connectivity index (χ1v) is 8.45. The largest absolute Gasteiger partial charge is 0.484 e. The van der Waals surface area contributed by atoms with Crippen molar-refractivity contribution in [1.82, 2.24) is 10.6 Å². The molecule has 142 valence electrons. The molecule has 0 aliphatic rings. The van der Waals surface area contributed by atoms with E-state index in [-0.39, 0.29) is 49.5 Å². The predicted molar refractivity (Wildman–Crippen MR) is 98.1 cm³/mol. The predicted octanol–water partition coefficient (Wildman–Crippen LogP) is 1.88. The van der Waals surface area contributed by atoms with Gasteiger partial charge in [0.15, 0.2) is 12.4 Å². The molecule has 0 heterocycles. The van der Waals surface area contributed by atoms with Crippen molar-refractivity contribution in [1.29, 1.82) is 0 Å². The van der Waals surface area contributed by atoms with Crippen LogP contribution in [0.2, 0.25) is 0 Å². The van der Waals surface area contributed by atoms with E-state index < -0.39 is 0 Å². The molecule has 0 unspecified atom stereocenters. The first-order valence-electron chi connectivity index (χ1n) is 8.45. The summed E-state index contributed by atoms with van der Waals surface area (Å²) in [6, 6.07) is 12.3. The summed E-state index contributed by atoms with van der Waals surface area (Å²) in [4.78, 5) is 34.8. The molecule has 0 fully saturated rings. The lowest BCUT2D eigenvalue weighted by atomic mass is 10.1. The molecule has 0 saturated carbocycles. The number of ketones is 1. The second-order valence-electron chi connectivity index (χ2n) is 5.88. The molecule has 0 saturated heterocycles. The zero-order chi connectivity index (χ0) is 19.6. The van der Waals surface area contributed by atoms with Crippen LogP contribution in [0.1, 0.15) is 22.8 Å². The Morgan fingerprint density at radius 3 is 2.30 bits per heavy atom. The van der Waals surface area contributed by atoms with E-state index in [9.17, 15) is 18.8 Å². The van der Waals surface area contributed by atoms with E-state index in [1.807, 2.05) is 0 Å². The van der Waals surface area contributed by atoms with E-state index in [2.05, 4.69) is 10.6 Å². The Hall–Kier alpha value is -3.22. The Morgan fingerprint density at radius 2 is 1.63 bits per heavy atom. The molecular weight excluding hydrogens is 351 g/mol. The van der Waals surface area contributed by atoms with Crippen LogP contribution in [-0.2, 0) is 16.0 Å². The maximum Gasteiger partial charge on any atom is 0.258 e. The van der Waals surface area contributed by atoms with Crippen LogP contribution in [0.3, 0.4) is 0 Å². The molecule has 0 bridgehead atoms. The normalized spacial score (nSPS) is 10.1. The number of nitrogens with one attached hydrogen (secondary N) is 2. The number of amides is 2. The number of hydrogen-bond acceptors (Lipinski definition) is 4. The molecule has 6 nitrogen and oxygen atoms in total. The van der Waals surface area contributed by atoms with Gasteiger partial charge in [-0.15, -0.1) is 0 Å². The monoisotopic (exact) mass is 372 g/mol. The smallest absolute Gasteiger partial charge is 0.258 e. The molecule has 2 aromatic carbocycles. The molecular formula is C20H21FN2O4. The minimum absolute atomic E-state index is 0.0821. The first kappa shape index (κ1) is 20.1. The number of rotatable bonds is 9. The average molecular weight is 372 g/mol. The van der Waals surface area contributed by atoms with Gasteiger partial charge in [0.25, 0.3) is 5.91 Å². The lowest BCUT2D eigenvalue weighted by molar-refractivity contribution is -0.124. The Balaban J connectivity index is 1.63. The van der Waals surface area contributed by atoms with E-state index in [1.54, 1.807) is 36.4 Å². The number of carbonyl (C=O) groups excluding carboxylic acids is 3. The summed E-state index contributed by atoms with van der Waals surface area (Å²) in [5.41, 5.74) is 1.22. The number of Topliss-reactive ketones (excluding diaryl/α,β-unsaturated/α-hetero) is 1. The Morgan fingerprint density at radius 1 is 0.963 bits per heavy atom. The maximum absolute atomic E-state index is 12.8. The van der Waals surface area contributed by atoms with E-state index in [0.717, 1.165) is 0 Å². The van der Waals surface area contributed by atoms with Crippen molar-refractivity contribution in [3.8, 4) is 5.75 Å². The van der Waals surface area contributed by atoms with E-state index in [0.29, 0.717) is 16.9 Å². The SMILES string of the molecule is CC(=O)c1cccc(OCC(=O)NCCNC(=O)Cc2ccc(F)cc2)c1. The van der Waals surface area contributed by atoms with Gasteiger partial charge in [-0.05, 0) is 36.8 Å². The topological polar surface area (TPSA) is 84.5 Å². The van der Waals surface area contributed by atoms with Gasteiger partial charge in [0.05, 0.1) is 6.42 Å². The third-order valence-electron chi connectivity index (χ3n) is 3.66. The quantitative estimate of drug-likeness (QED) is 0.520. The number of benzene rings is 2. The van der Waals surface area contributed by atoms with Gasteiger partial charge in [-0.1, -0.05) is 24.3 Å². The van der Waals surface area contributed by atoms with Crippen LogP contribution in [0.15, 0.2) is 48.5 Å². The standard InChI is InChI=1S/C20H21FN2O4/c1-14(24)16-3-2-4-18(12-16)27-13-20(26)23-10-9-22-19(25)11-15-5-7-17(21)8-6-15/h2-8,12H,9-11,13H2,1H3,(H,22,25)(H,23,26). The molecule has 0 aliphatic heterocycles. The van der Waals surface area contributed by atoms with E-state index in [1.165, 1.54) is 19.1 Å². The van der Waals surface area contributed by atoms with Crippen LogP contribution in [0.5, 0.6) is 5.75 Å². The molecule has 0 aliphatic carbocycles. The molecule has 0 aromatic heterocycles. The maximum atomic E-state index is 12.8. The zero-order valence-corrected chi connectivity index (χ0v) is 15.0. The van der Waals surface area contributed by atoms with Crippen molar-refractivity contribution in [3.63, 3.8) is 0 Å². The summed E-state index contributed by atoms with van der Waals surface area (Å²) in [5, 5.41) is 5.29. The van der Waals surface area contributed by atoms with Gasteiger partial charge in [0.1, 0.15) is 11.6 Å². The molecule has 2 rings (SSSR count). The van der Waals surface area contributed by atoms with E-state index in [4.69, 9.17) is 4.74 Å². The van der Waals surface area contributed by atoms with Crippen LogP contribution >= 0.6 is 0 Å². The third-order valence-corrected chi connectivity index (χ3v) is 3.66. The van der Waals surface area contributed by atoms with Crippen LogP contribution in [0.4, 0.5) is 4.39 Å². The van der Waals surface area contributed by atoms with Gasteiger partial charge in [0.2, 0.25) is 5.91 Å². The lowest BCUT2D eigenvalue weighted by Crippen LogP contribution is -2.37. The van der Waals surface area contributed by atoms with Crippen LogP contribution < -0.4 is 15.4 Å². The number of halogens is 1. The van der Waals surface area contributed by atoms with Gasteiger partial charge in [0, 0.05) is 18.7 Å². The van der Waals surface area contributed by atoms with Crippen LogP contribution in [-0.4, -0.2) is 37.3 Å². The minimum atomic E-state index is -0.350. The summed E-state index contributed by atoms with van der Waals surface area (Å²) in [7, 11) is 0. The van der Waals surface area contributed by atoms with Gasteiger partial charge in [-0.2, -0.15) is 0 Å². The summed E-state index contributed by atoms with van der Waals surface area (Å²) in [6.45, 7) is 1.79. The fourth-order valence-corrected chi connectivity index (χ4v) is 2.26. The zero-order valence-electron chi connectivity index (χ0n) is 15.0. The third kappa shape index (κ3) is 7.27. The van der Waals surface area contributed by atoms with Crippen molar-refractivity contribution in [3.05, 3.63) is 65.5 Å². The summed E-state index contributed by atoms with van der Waals surface area (Å²) in [6.07, 6.45) is 0.143. The highest BCUT2D eigenvalue weighted by atomic mass is 19.1. The highest BCUT2D eigenvalue weighted by Gasteiger charge is 2.06.